The number of rotatable bonds is 2. The molecule has 0 radical (unpaired) electrons. The van der Waals surface area contributed by atoms with Crippen molar-refractivity contribution in [2.24, 2.45) is 0 Å². The van der Waals surface area contributed by atoms with Gasteiger partial charge in [-0.15, -0.1) is 0 Å². The molecule has 0 aliphatic carbocycles. The van der Waals surface area contributed by atoms with Gasteiger partial charge in [0.05, 0.1) is 0 Å². The topological polar surface area (TPSA) is 86.4 Å². The highest BCUT2D eigenvalue weighted by Gasteiger charge is 2.24. The molecule has 1 aromatic heterocycles. The zero-order chi connectivity index (χ0) is 17.8. The number of carbonyl (C=O) groups excluding carboxylic acids is 2. The lowest BCUT2D eigenvalue weighted by atomic mass is 10.1. The van der Waals surface area contributed by atoms with Crippen LogP contribution in [0.3, 0.4) is 0 Å². The molecule has 1 N–H and O–H groups in total. The third-order valence-corrected chi connectivity index (χ3v) is 4.34. The lowest BCUT2D eigenvalue weighted by Gasteiger charge is -2.22. The van der Waals surface area contributed by atoms with Crippen molar-refractivity contribution in [2.45, 2.75) is 13.3 Å². The number of hydrogen-bond donors (Lipinski definition) is 1. The lowest BCUT2D eigenvalue weighted by molar-refractivity contribution is 0.0714. The van der Waals surface area contributed by atoms with Crippen LogP contribution in [0, 0.1) is 6.92 Å². The number of H-pyrrole nitrogens is 1. The Labute approximate surface area is 145 Å². The summed E-state index contributed by atoms with van der Waals surface area (Å²) in [6.45, 7) is 4.00. The van der Waals surface area contributed by atoms with Gasteiger partial charge in [0.2, 0.25) is 0 Å². The van der Waals surface area contributed by atoms with Crippen molar-refractivity contribution in [1.82, 2.24) is 20.0 Å². The smallest absolute Gasteiger partial charge is 0.274 e. The maximum atomic E-state index is 12.7. The summed E-state index contributed by atoms with van der Waals surface area (Å²) in [4.78, 5) is 39.8. The highest BCUT2D eigenvalue weighted by molar-refractivity contribution is 5.96. The van der Waals surface area contributed by atoms with Crippen LogP contribution in [0.2, 0.25) is 0 Å². The van der Waals surface area contributed by atoms with Gasteiger partial charge in [-0.2, -0.15) is 5.10 Å². The minimum absolute atomic E-state index is 0.00503. The molecule has 0 atom stereocenters. The van der Waals surface area contributed by atoms with E-state index in [9.17, 15) is 14.4 Å². The maximum absolute atomic E-state index is 12.7. The van der Waals surface area contributed by atoms with Crippen LogP contribution in [0.15, 0.2) is 41.2 Å². The number of hydrogen-bond acceptors (Lipinski definition) is 4. The average molecular weight is 340 g/mol. The van der Waals surface area contributed by atoms with Gasteiger partial charge in [-0.3, -0.25) is 14.4 Å². The van der Waals surface area contributed by atoms with Crippen molar-refractivity contribution in [3.8, 4) is 0 Å². The van der Waals surface area contributed by atoms with E-state index >= 15 is 0 Å². The SMILES string of the molecule is Cc1ccccc1C(=O)N1CCCN(C(=O)c2ccc(=O)[nH]n2)CC1. The highest BCUT2D eigenvalue weighted by atomic mass is 16.2. The third kappa shape index (κ3) is 3.76. The molecule has 1 aromatic carbocycles. The van der Waals surface area contributed by atoms with E-state index in [0.29, 0.717) is 38.2 Å². The number of aromatic amines is 1. The van der Waals surface area contributed by atoms with Crippen molar-refractivity contribution in [3.05, 3.63) is 63.6 Å². The number of benzene rings is 1. The van der Waals surface area contributed by atoms with Gasteiger partial charge in [0.1, 0.15) is 5.69 Å². The summed E-state index contributed by atoms with van der Waals surface area (Å²) in [6, 6.07) is 10.2. The third-order valence-electron chi connectivity index (χ3n) is 4.34. The zero-order valence-electron chi connectivity index (χ0n) is 14.1. The van der Waals surface area contributed by atoms with Crippen molar-refractivity contribution >= 4 is 11.8 Å². The molecule has 0 saturated carbocycles. The Morgan fingerprint density at radius 1 is 0.960 bits per heavy atom. The Morgan fingerprint density at radius 3 is 2.28 bits per heavy atom. The van der Waals surface area contributed by atoms with Gasteiger partial charge in [-0.1, -0.05) is 18.2 Å². The largest absolute Gasteiger partial charge is 0.337 e. The van der Waals surface area contributed by atoms with Crippen LogP contribution < -0.4 is 5.56 Å². The fraction of sp³-hybridized carbons (Fsp3) is 0.333. The van der Waals surface area contributed by atoms with E-state index in [2.05, 4.69) is 10.2 Å². The molecule has 7 nitrogen and oxygen atoms in total. The number of nitrogens with zero attached hydrogens (tertiary/aromatic N) is 3. The van der Waals surface area contributed by atoms with Gasteiger partial charge in [0.15, 0.2) is 0 Å². The van der Waals surface area contributed by atoms with Crippen LogP contribution >= 0.6 is 0 Å². The molecule has 2 heterocycles. The number of amides is 2. The van der Waals surface area contributed by atoms with Gasteiger partial charge in [0.25, 0.3) is 17.4 Å². The van der Waals surface area contributed by atoms with Crippen LogP contribution in [0.1, 0.15) is 32.8 Å². The summed E-state index contributed by atoms with van der Waals surface area (Å²) in [5.41, 5.74) is 1.51. The van der Waals surface area contributed by atoms with Crippen LogP contribution in [0.5, 0.6) is 0 Å². The lowest BCUT2D eigenvalue weighted by Crippen LogP contribution is -2.38. The fourth-order valence-electron chi connectivity index (χ4n) is 2.93. The zero-order valence-corrected chi connectivity index (χ0v) is 14.1. The average Bonchev–Trinajstić information content (AvgIpc) is 2.88. The summed E-state index contributed by atoms with van der Waals surface area (Å²) in [7, 11) is 0. The minimum Gasteiger partial charge on any atom is -0.337 e. The van der Waals surface area contributed by atoms with Gasteiger partial charge < -0.3 is 9.80 Å². The molecule has 2 aromatic rings. The number of nitrogens with one attached hydrogen (secondary N) is 1. The number of aryl methyl sites for hydroxylation is 1. The van der Waals surface area contributed by atoms with Crippen molar-refractivity contribution in [3.63, 3.8) is 0 Å². The monoisotopic (exact) mass is 340 g/mol. The highest BCUT2D eigenvalue weighted by Crippen LogP contribution is 2.14. The van der Waals surface area contributed by atoms with E-state index in [1.165, 1.54) is 12.1 Å². The summed E-state index contributed by atoms with van der Waals surface area (Å²) in [6.07, 6.45) is 0.701. The van der Waals surface area contributed by atoms with E-state index < -0.39 is 0 Å². The molecule has 25 heavy (non-hydrogen) atoms. The number of aromatic nitrogens is 2. The molecule has 130 valence electrons. The quantitative estimate of drug-likeness (QED) is 0.886. The Morgan fingerprint density at radius 2 is 1.64 bits per heavy atom. The second-order valence-electron chi connectivity index (χ2n) is 6.06. The van der Waals surface area contributed by atoms with Crippen molar-refractivity contribution in [1.29, 1.82) is 0 Å². The van der Waals surface area contributed by atoms with E-state index in [1.807, 2.05) is 31.2 Å². The Balaban J connectivity index is 1.69. The van der Waals surface area contributed by atoms with Crippen LogP contribution in [0.25, 0.3) is 0 Å². The summed E-state index contributed by atoms with van der Waals surface area (Å²) in [5.74, 6) is -0.240. The van der Waals surface area contributed by atoms with Crippen LogP contribution in [-0.4, -0.2) is 58.0 Å². The van der Waals surface area contributed by atoms with E-state index in [-0.39, 0.29) is 23.1 Å². The van der Waals surface area contributed by atoms with Gasteiger partial charge >= 0.3 is 0 Å². The predicted octanol–water partition coefficient (Wildman–Crippen LogP) is 1.07. The minimum atomic E-state index is -0.345. The van der Waals surface area contributed by atoms with Crippen LogP contribution in [-0.2, 0) is 0 Å². The van der Waals surface area contributed by atoms with Gasteiger partial charge in [0, 0.05) is 37.8 Å². The molecule has 1 fully saturated rings. The normalized spacial score (nSPS) is 14.9. The standard InChI is InChI=1S/C18H20N4O3/c1-13-5-2-3-6-14(13)17(24)21-9-4-10-22(12-11-21)18(25)15-7-8-16(23)20-19-15/h2-3,5-8H,4,9-12H2,1H3,(H,20,23). The first-order valence-corrected chi connectivity index (χ1v) is 8.26. The Hall–Kier alpha value is -2.96. The molecule has 2 amide bonds. The molecule has 0 unspecified atom stereocenters. The molecule has 0 bridgehead atoms. The molecule has 3 rings (SSSR count). The molecule has 1 aliphatic heterocycles. The first-order chi connectivity index (χ1) is 12.1. The van der Waals surface area contributed by atoms with Crippen molar-refractivity contribution < 1.29 is 9.59 Å². The van der Waals surface area contributed by atoms with Crippen molar-refractivity contribution in [2.75, 3.05) is 26.2 Å². The summed E-state index contributed by atoms with van der Waals surface area (Å²) in [5, 5.41) is 6.06. The molecule has 1 aliphatic rings. The summed E-state index contributed by atoms with van der Waals surface area (Å²) < 4.78 is 0. The van der Waals surface area contributed by atoms with E-state index in [1.54, 1.807) is 9.80 Å². The fourth-order valence-corrected chi connectivity index (χ4v) is 2.93. The van der Waals surface area contributed by atoms with E-state index in [4.69, 9.17) is 0 Å². The second-order valence-corrected chi connectivity index (χ2v) is 6.06. The first kappa shape index (κ1) is 16.9. The second kappa shape index (κ2) is 7.29. The van der Waals surface area contributed by atoms with Gasteiger partial charge in [-0.05, 0) is 31.0 Å². The first-order valence-electron chi connectivity index (χ1n) is 8.26. The molecule has 1 saturated heterocycles. The van der Waals surface area contributed by atoms with Crippen LogP contribution in [0.4, 0.5) is 0 Å². The number of carbonyl (C=O) groups is 2. The Bertz CT molecular complexity index is 826. The Kier molecular flexibility index (Phi) is 4.92. The maximum Gasteiger partial charge on any atom is 0.274 e. The van der Waals surface area contributed by atoms with Gasteiger partial charge in [-0.25, -0.2) is 5.10 Å². The molecule has 7 heteroatoms. The molecule has 0 spiro atoms. The molecular formula is C18H20N4O3. The predicted molar refractivity (Wildman–Crippen MR) is 92.5 cm³/mol. The summed E-state index contributed by atoms with van der Waals surface area (Å²) >= 11 is 0. The molecular weight excluding hydrogens is 320 g/mol. The van der Waals surface area contributed by atoms with E-state index in [0.717, 1.165) is 5.56 Å².